The summed E-state index contributed by atoms with van der Waals surface area (Å²) >= 11 is 0. The van der Waals surface area contributed by atoms with Crippen LogP contribution in [0, 0.1) is 0 Å². The number of hydrogen-bond donors (Lipinski definition) is 1. The van der Waals surface area contributed by atoms with E-state index >= 15 is 0 Å². The summed E-state index contributed by atoms with van der Waals surface area (Å²) in [7, 11) is 1.55. The van der Waals surface area contributed by atoms with Gasteiger partial charge in [0.15, 0.2) is 5.78 Å². The minimum absolute atomic E-state index is 0.0526. The number of nitrogens with one attached hydrogen (secondary N) is 1. The molecule has 0 aliphatic heterocycles. The maximum Gasteiger partial charge on any atom is 0.241 e. The zero-order valence-electron chi connectivity index (χ0n) is 7.57. The van der Waals surface area contributed by atoms with Crippen LogP contribution in [0.2, 0.25) is 0 Å². The fraction of sp³-hybridized carbons (Fsp3) is 0.375. The molecule has 5 heteroatoms. The van der Waals surface area contributed by atoms with Crippen molar-refractivity contribution >= 4 is 11.7 Å². The second-order valence-corrected chi connectivity index (χ2v) is 2.66. The van der Waals surface area contributed by atoms with E-state index in [4.69, 9.17) is 0 Å². The number of carbonyl (C=O) groups excluding carboxylic acids is 2. The summed E-state index contributed by atoms with van der Waals surface area (Å²) in [6, 6.07) is 0. The van der Waals surface area contributed by atoms with Gasteiger partial charge in [0, 0.05) is 13.2 Å². The van der Waals surface area contributed by atoms with Crippen molar-refractivity contribution in [2.24, 2.45) is 0 Å². The van der Waals surface area contributed by atoms with Gasteiger partial charge in [0.2, 0.25) is 5.91 Å². The smallest absolute Gasteiger partial charge is 0.241 e. The third kappa shape index (κ3) is 2.40. The first kappa shape index (κ1) is 9.44. The number of rotatable bonds is 3. The number of ketones is 1. The summed E-state index contributed by atoms with van der Waals surface area (Å²) in [6.45, 7) is 1.60. The Morgan fingerprint density at radius 2 is 2.31 bits per heavy atom. The minimum Gasteiger partial charge on any atom is -0.358 e. The van der Waals surface area contributed by atoms with E-state index in [2.05, 4.69) is 10.4 Å². The number of likely N-dealkylation sites (N-methyl/N-ethyl adjacent to an activating group) is 1. The third-order valence-corrected chi connectivity index (χ3v) is 1.62. The quantitative estimate of drug-likeness (QED) is 0.658. The Morgan fingerprint density at radius 3 is 2.77 bits per heavy atom. The summed E-state index contributed by atoms with van der Waals surface area (Å²) < 4.78 is 1.43. The van der Waals surface area contributed by atoms with Crippen LogP contribution >= 0.6 is 0 Å². The maximum atomic E-state index is 10.9. The Labute approximate surface area is 75.7 Å². The summed E-state index contributed by atoms with van der Waals surface area (Å²) in [6.07, 6.45) is 3.00. The van der Waals surface area contributed by atoms with Gasteiger partial charge < -0.3 is 5.32 Å². The van der Waals surface area contributed by atoms with Crippen LogP contribution in [0.4, 0.5) is 0 Å². The molecule has 0 saturated heterocycles. The summed E-state index contributed by atoms with van der Waals surface area (Å²) in [4.78, 5) is 21.8. The minimum atomic E-state index is -0.141. The average molecular weight is 181 g/mol. The van der Waals surface area contributed by atoms with Crippen LogP contribution in [-0.4, -0.2) is 28.5 Å². The van der Waals surface area contributed by atoms with E-state index in [1.165, 1.54) is 17.8 Å². The maximum absolute atomic E-state index is 10.9. The molecule has 5 nitrogen and oxygen atoms in total. The van der Waals surface area contributed by atoms with Crippen molar-refractivity contribution in [2.75, 3.05) is 7.05 Å². The van der Waals surface area contributed by atoms with E-state index in [0.717, 1.165) is 0 Å². The Hall–Kier alpha value is -1.65. The molecule has 1 aromatic heterocycles. The first-order valence-corrected chi connectivity index (χ1v) is 3.87. The van der Waals surface area contributed by atoms with Crippen LogP contribution in [0.5, 0.6) is 0 Å². The average Bonchev–Trinajstić information content (AvgIpc) is 2.52. The van der Waals surface area contributed by atoms with E-state index in [1.54, 1.807) is 13.2 Å². The highest BCUT2D eigenvalue weighted by Gasteiger charge is 2.05. The second kappa shape index (κ2) is 3.84. The second-order valence-electron chi connectivity index (χ2n) is 2.66. The molecule has 0 radical (unpaired) electrons. The van der Waals surface area contributed by atoms with Gasteiger partial charge >= 0.3 is 0 Å². The van der Waals surface area contributed by atoms with Crippen molar-refractivity contribution in [1.82, 2.24) is 15.1 Å². The first-order chi connectivity index (χ1) is 6.13. The Bertz CT molecular complexity index is 330. The Morgan fingerprint density at radius 1 is 1.62 bits per heavy atom. The topological polar surface area (TPSA) is 64.0 Å². The van der Waals surface area contributed by atoms with E-state index in [1.807, 2.05) is 0 Å². The van der Waals surface area contributed by atoms with E-state index in [0.29, 0.717) is 5.56 Å². The fourth-order valence-corrected chi connectivity index (χ4v) is 0.858. The zero-order valence-corrected chi connectivity index (χ0v) is 7.57. The molecule has 0 aromatic carbocycles. The molecule has 0 unspecified atom stereocenters. The van der Waals surface area contributed by atoms with Gasteiger partial charge in [-0.15, -0.1) is 0 Å². The zero-order chi connectivity index (χ0) is 9.84. The summed E-state index contributed by atoms with van der Waals surface area (Å²) in [5, 5.41) is 6.33. The predicted octanol–water partition coefficient (Wildman–Crippen LogP) is -0.168. The number of nitrogens with zero attached hydrogens (tertiary/aromatic N) is 2. The van der Waals surface area contributed by atoms with Crippen LogP contribution in [0.1, 0.15) is 17.3 Å². The van der Waals surface area contributed by atoms with Gasteiger partial charge in [-0.05, 0) is 6.92 Å². The molecular formula is C8H11N3O2. The van der Waals surface area contributed by atoms with E-state index in [-0.39, 0.29) is 18.2 Å². The lowest BCUT2D eigenvalue weighted by molar-refractivity contribution is -0.121. The van der Waals surface area contributed by atoms with E-state index < -0.39 is 0 Å². The standard InChI is InChI=1S/C8H11N3O2/c1-6(12)7-3-10-11(4-7)5-8(13)9-2/h3-4H,5H2,1-2H3,(H,9,13). The molecular weight excluding hydrogens is 170 g/mol. The predicted molar refractivity (Wildman–Crippen MR) is 46.3 cm³/mol. The van der Waals surface area contributed by atoms with Gasteiger partial charge in [0.1, 0.15) is 6.54 Å². The molecule has 1 N–H and O–H groups in total. The van der Waals surface area contributed by atoms with Crippen LogP contribution < -0.4 is 5.32 Å². The molecule has 1 aromatic rings. The van der Waals surface area contributed by atoms with Gasteiger partial charge in [-0.25, -0.2) is 0 Å². The highest BCUT2D eigenvalue weighted by atomic mass is 16.2. The number of amides is 1. The van der Waals surface area contributed by atoms with Gasteiger partial charge in [0.05, 0.1) is 11.8 Å². The lowest BCUT2D eigenvalue weighted by atomic mass is 10.3. The fourth-order valence-electron chi connectivity index (χ4n) is 0.858. The largest absolute Gasteiger partial charge is 0.358 e. The monoisotopic (exact) mass is 181 g/mol. The molecule has 1 rings (SSSR count). The summed E-state index contributed by atoms with van der Waals surface area (Å²) in [5.74, 6) is -0.193. The number of carbonyl (C=O) groups is 2. The van der Waals surface area contributed by atoms with E-state index in [9.17, 15) is 9.59 Å². The van der Waals surface area contributed by atoms with Crippen LogP contribution in [0.25, 0.3) is 0 Å². The molecule has 0 aliphatic carbocycles. The molecule has 70 valence electrons. The Kier molecular flexibility index (Phi) is 2.79. The van der Waals surface area contributed by atoms with Crippen molar-refractivity contribution in [3.8, 4) is 0 Å². The third-order valence-electron chi connectivity index (χ3n) is 1.62. The molecule has 0 fully saturated rings. The van der Waals surface area contributed by atoms with Crippen LogP contribution in [-0.2, 0) is 11.3 Å². The molecule has 0 aliphatic rings. The molecule has 1 heterocycles. The van der Waals surface area contributed by atoms with Crippen LogP contribution in [0.3, 0.4) is 0 Å². The molecule has 0 bridgehead atoms. The van der Waals surface area contributed by atoms with Crippen molar-refractivity contribution in [3.05, 3.63) is 18.0 Å². The van der Waals surface area contributed by atoms with Gasteiger partial charge in [-0.3, -0.25) is 14.3 Å². The first-order valence-electron chi connectivity index (χ1n) is 3.87. The SMILES string of the molecule is CNC(=O)Cn1cc(C(C)=O)cn1. The number of hydrogen-bond acceptors (Lipinski definition) is 3. The van der Waals surface area contributed by atoms with Gasteiger partial charge in [-0.1, -0.05) is 0 Å². The van der Waals surface area contributed by atoms with Gasteiger partial charge in [0.25, 0.3) is 0 Å². The van der Waals surface area contributed by atoms with Crippen molar-refractivity contribution in [1.29, 1.82) is 0 Å². The highest BCUT2D eigenvalue weighted by molar-refractivity contribution is 5.93. The van der Waals surface area contributed by atoms with Crippen molar-refractivity contribution in [2.45, 2.75) is 13.5 Å². The molecule has 13 heavy (non-hydrogen) atoms. The molecule has 0 atom stereocenters. The Balaban J connectivity index is 2.69. The highest BCUT2D eigenvalue weighted by Crippen LogP contribution is 1.97. The van der Waals surface area contributed by atoms with Gasteiger partial charge in [-0.2, -0.15) is 5.10 Å². The normalized spacial score (nSPS) is 9.69. The number of aromatic nitrogens is 2. The molecule has 1 amide bonds. The molecule has 0 saturated carbocycles. The lowest BCUT2D eigenvalue weighted by Crippen LogP contribution is -2.23. The van der Waals surface area contributed by atoms with Crippen LogP contribution in [0.15, 0.2) is 12.4 Å². The summed E-state index contributed by atoms with van der Waals surface area (Å²) in [5.41, 5.74) is 0.518. The lowest BCUT2D eigenvalue weighted by Gasteiger charge is -1.98. The van der Waals surface area contributed by atoms with Crippen molar-refractivity contribution in [3.63, 3.8) is 0 Å². The molecule has 0 spiro atoms. The van der Waals surface area contributed by atoms with Crippen molar-refractivity contribution < 1.29 is 9.59 Å². The number of Topliss-reactive ketones (excluding diaryl/α,β-unsaturated/α-hetero) is 1.